The van der Waals surface area contributed by atoms with Crippen LogP contribution in [0.2, 0.25) is 0 Å². The summed E-state index contributed by atoms with van der Waals surface area (Å²) in [6, 6.07) is 19.8. The van der Waals surface area contributed by atoms with Gasteiger partial charge < -0.3 is 19.4 Å². The van der Waals surface area contributed by atoms with Crippen LogP contribution >= 0.6 is 0 Å². The molecule has 0 unspecified atom stereocenters. The molecular formula is C33H34FN5O3. The molecule has 0 aliphatic carbocycles. The monoisotopic (exact) mass is 567 g/mol. The Kier molecular flexibility index (Phi) is 9.06. The third-order valence-electron chi connectivity index (χ3n) is 7.47. The van der Waals surface area contributed by atoms with E-state index in [2.05, 4.69) is 16.0 Å². The first-order valence-electron chi connectivity index (χ1n) is 14.0. The fraction of sp³-hybridized carbons (Fsp3) is 0.273. The van der Waals surface area contributed by atoms with Crippen LogP contribution in [0.1, 0.15) is 27.9 Å². The number of nitrogens with zero attached hydrogens (tertiary/aromatic N) is 5. The van der Waals surface area contributed by atoms with E-state index >= 15 is 0 Å². The Morgan fingerprint density at radius 2 is 1.74 bits per heavy atom. The number of hydrogen-bond acceptors (Lipinski definition) is 6. The molecule has 216 valence electrons. The minimum absolute atomic E-state index is 0.0397. The number of fused-ring (bicyclic) bond motifs is 3. The average Bonchev–Trinajstić information content (AvgIpc) is 3.02. The summed E-state index contributed by atoms with van der Waals surface area (Å²) in [6.07, 6.45) is 5.88. The van der Waals surface area contributed by atoms with Gasteiger partial charge in [-0.2, -0.15) is 0 Å². The highest BCUT2D eigenvalue weighted by molar-refractivity contribution is 5.94. The number of ether oxygens (including phenoxy) is 1. The lowest BCUT2D eigenvalue weighted by Crippen LogP contribution is -2.42. The summed E-state index contributed by atoms with van der Waals surface area (Å²) < 4.78 is 19.6. The molecule has 0 fully saturated rings. The summed E-state index contributed by atoms with van der Waals surface area (Å²) in [7, 11) is 3.63. The molecule has 2 amide bonds. The maximum absolute atomic E-state index is 13.4. The van der Waals surface area contributed by atoms with Crippen molar-refractivity contribution in [3.8, 4) is 16.9 Å². The van der Waals surface area contributed by atoms with Crippen molar-refractivity contribution in [3.05, 3.63) is 108 Å². The van der Waals surface area contributed by atoms with E-state index in [4.69, 9.17) is 4.74 Å². The number of rotatable bonds is 5. The predicted molar refractivity (Wildman–Crippen MR) is 160 cm³/mol. The fourth-order valence-corrected chi connectivity index (χ4v) is 4.99. The summed E-state index contributed by atoms with van der Waals surface area (Å²) in [5.74, 6) is 0.294. The molecule has 2 bridgehead atoms. The van der Waals surface area contributed by atoms with Gasteiger partial charge in [-0.1, -0.05) is 18.2 Å². The van der Waals surface area contributed by atoms with Gasteiger partial charge in [0, 0.05) is 75.8 Å². The maximum Gasteiger partial charge on any atom is 0.253 e. The Balaban J connectivity index is 1.37. The molecule has 2 heterocycles. The average molecular weight is 568 g/mol. The molecule has 1 aromatic heterocycles. The first kappa shape index (κ1) is 28.7. The van der Waals surface area contributed by atoms with E-state index in [1.165, 1.54) is 18.5 Å². The second-order valence-electron chi connectivity index (χ2n) is 10.4. The van der Waals surface area contributed by atoms with Crippen LogP contribution < -0.4 is 9.64 Å². The van der Waals surface area contributed by atoms with Crippen LogP contribution in [-0.4, -0.2) is 78.5 Å². The standard InChI is InChI=1S/C33H34FN5O3/c1-37(30-9-7-29(34)8-10-30)13-12-32(40)39-15-14-38(2)33(41)26-5-3-4-24(18-26)19-27-20-25(28-21-35-23-36-22-28)6-11-31(27)42-17-16-39/h3-11,18,20-23H,12-17,19H2,1-2H3. The van der Waals surface area contributed by atoms with E-state index in [-0.39, 0.29) is 24.1 Å². The van der Waals surface area contributed by atoms with Gasteiger partial charge in [0.05, 0.1) is 6.54 Å². The van der Waals surface area contributed by atoms with Crippen molar-refractivity contribution in [1.29, 1.82) is 0 Å². The van der Waals surface area contributed by atoms with Crippen LogP contribution in [0.15, 0.2) is 85.5 Å². The summed E-state index contributed by atoms with van der Waals surface area (Å²) >= 11 is 0. The molecule has 0 radical (unpaired) electrons. The Hall–Kier alpha value is -4.79. The van der Waals surface area contributed by atoms with Crippen molar-refractivity contribution < 1.29 is 18.7 Å². The number of amides is 2. The first-order chi connectivity index (χ1) is 20.4. The number of benzene rings is 3. The second-order valence-corrected chi connectivity index (χ2v) is 10.4. The number of likely N-dealkylation sites (N-methyl/N-ethyl adjacent to an activating group) is 1. The Morgan fingerprint density at radius 3 is 2.52 bits per heavy atom. The summed E-state index contributed by atoms with van der Waals surface area (Å²) in [6.45, 7) is 1.92. The second kappa shape index (κ2) is 13.2. The zero-order valence-electron chi connectivity index (χ0n) is 23.9. The number of halogens is 1. The van der Waals surface area contributed by atoms with E-state index in [1.54, 1.807) is 41.4 Å². The van der Waals surface area contributed by atoms with Crippen molar-refractivity contribution in [3.63, 3.8) is 0 Å². The molecule has 0 spiro atoms. The molecule has 0 saturated heterocycles. The van der Waals surface area contributed by atoms with Gasteiger partial charge in [0.25, 0.3) is 5.91 Å². The molecule has 1 aliphatic heterocycles. The summed E-state index contributed by atoms with van der Waals surface area (Å²) in [5.41, 5.74) is 5.26. The maximum atomic E-state index is 13.4. The van der Waals surface area contributed by atoms with Gasteiger partial charge in [0.2, 0.25) is 5.91 Å². The number of anilines is 1. The molecule has 5 rings (SSSR count). The third-order valence-corrected chi connectivity index (χ3v) is 7.47. The van der Waals surface area contributed by atoms with Crippen LogP contribution in [-0.2, 0) is 11.2 Å². The van der Waals surface area contributed by atoms with Gasteiger partial charge in [0.15, 0.2) is 0 Å². The van der Waals surface area contributed by atoms with Crippen molar-refractivity contribution >= 4 is 17.5 Å². The van der Waals surface area contributed by atoms with Gasteiger partial charge in [-0.05, 0) is 65.2 Å². The van der Waals surface area contributed by atoms with E-state index in [0.29, 0.717) is 44.8 Å². The Bertz CT molecular complexity index is 1530. The highest BCUT2D eigenvalue weighted by Crippen LogP contribution is 2.29. The molecular weight excluding hydrogens is 533 g/mol. The van der Waals surface area contributed by atoms with Gasteiger partial charge >= 0.3 is 0 Å². The molecule has 3 aromatic carbocycles. The lowest BCUT2D eigenvalue weighted by molar-refractivity contribution is -0.131. The zero-order valence-corrected chi connectivity index (χ0v) is 23.9. The predicted octanol–water partition coefficient (Wildman–Crippen LogP) is 4.69. The molecule has 1 aliphatic rings. The smallest absolute Gasteiger partial charge is 0.253 e. The summed E-state index contributed by atoms with van der Waals surface area (Å²) in [5, 5.41) is 0. The van der Waals surface area contributed by atoms with E-state index < -0.39 is 0 Å². The van der Waals surface area contributed by atoms with Crippen LogP contribution in [0.3, 0.4) is 0 Å². The minimum atomic E-state index is -0.300. The zero-order chi connectivity index (χ0) is 29.5. The van der Waals surface area contributed by atoms with Crippen LogP contribution in [0.25, 0.3) is 11.1 Å². The Labute approximate surface area is 245 Å². The van der Waals surface area contributed by atoms with E-state index in [0.717, 1.165) is 33.7 Å². The van der Waals surface area contributed by atoms with Crippen molar-refractivity contribution in [2.45, 2.75) is 12.8 Å². The van der Waals surface area contributed by atoms with Crippen molar-refractivity contribution in [2.24, 2.45) is 0 Å². The minimum Gasteiger partial charge on any atom is -0.491 e. The van der Waals surface area contributed by atoms with E-state index in [1.807, 2.05) is 48.3 Å². The normalized spacial score (nSPS) is 14.0. The molecule has 9 heteroatoms. The Morgan fingerprint density at radius 1 is 0.952 bits per heavy atom. The van der Waals surface area contributed by atoms with Crippen LogP contribution in [0.5, 0.6) is 5.75 Å². The van der Waals surface area contributed by atoms with E-state index in [9.17, 15) is 14.0 Å². The summed E-state index contributed by atoms with van der Waals surface area (Å²) in [4.78, 5) is 40.3. The quantitative estimate of drug-likeness (QED) is 0.348. The number of carbonyl (C=O) groups is 2. The lowest BCUT2D eigenvalue weighted by atomic mass is 9.98. The third kappa shape index (κ3) is 7.09. The molecule has 0 saturated carbocycles. The molecule has 0 atom stereocenters. The molecule has 42 heavy (non-hydrogen) atoms. The van der Waals surface area contributed by atoms with Crippen LogP contribution in [0, 0.1) is 5.82 Å². The molecule has 0 N–H and O–H groups in total. The van der Waals surface area contributed by atoms with Crippen molar-refractivity contribution in [1.82, 2.24) is 19.8 Å². The SMILES string of the molecule is CN1CCN(C(=O)CCN(C)c2ccc(F)cc2)CCOc2ccc(-c3cncnc3)cc2Cc2cccc(c2)C1=O. The largest absolute Gasteiger partial charge is 0.491 e. The topological polar surface area (TPSA) is 78.9 Å². The van der Waals surface area contributed by atoms with Gasteiger partial charge in [-0.15, -0.1) is 0 Å². The number of aromatic nitrogens is 2. The highest BCUT2D eigenvalue weighted by atomic mass is 19.1. The molecule has 4 aromatic rings. The first-order valence-corrected chi connectivity index (χ1v) is 14.0. The van der Waals surface area contributed by atoms with Gasteiger partial charge in [-0.3, -0.25) is 9.59 Å². The number of hydrogen-bond donors (Lipinski definition) is 0. The fourth-order valence-electron chi connectivity index (χ4n) is 4.99. The van der Waals surface area contributed by atoms with Gasteiger partial charge in [0.1, 0.15) is 24.5 Å². The van der Waals surface area contributed by atoms with Crippen LogP contribution in [0.4, 0.5) is 10.1 Å². The number of carbonyl (C=O) groups excluding carboxylic acids is 2. The highest BCUT2D eigenvalue weighted by Gasteiger charge is 2.20. The van der Waals surface area contributed by atoms with Gasteiger partial charge in [-0.25, -0.2) is 14.4 Å². The van der Waals surface area contributed by atoms with Crippen molar-refractivity contribution in [2.75, 3.05) is 51.8 Å². The lowest BCUT2D eigenvalue weighted by Gasteiger charge is -2.28. The molecule has 8 nitrogen and oxygen atoms in total.